The van der Waals surface area contributed by atoms with E-state index < -0.39 is 0 Å². The zero-order valence-corrected chi connectivity index (χ0v) is 12.1. The van der Waals surface area contributed by atoms with Crippen LogP contribution < -0.4 is 5.73 Å². The molecule has 1 fully saturated rings. The highest BCUT2D eigenvalue weighted by Crippen LogP contribution is 2.48. The lowest BCUT2D eigenvalue weighted by Crippen LogP contribution is -2.21. The molecule has 1 saturated carbocycles. The Balaban J connectivity index is 1.85. The van der Waals surface area contributed by atoms with Crippen molar-refractivity contribution in [3.63, 3.8) is 0 Å². The molecule has 1 heterocycles. The molecule has 0 unspecified atom stereocenters. The summed E-state index contributed by atoms with van der Waals surface area (Å²) >= 11 is 6.30. The number of hydrogen-bond acceptors (Lipinski definition) is 2. The molecule has 0 radical (unpaired) electrons. The van der Waals surface area contributed by atoms with Crippen molar-refractivity contribution in [2.24, 2.45) is 5.73 Å². The number of halogens is 2. The topological polar surface area (TPSA) is 38.9 Å². The first-order valence-electron chi connectivity index (χ1n) is 6.77. The molecule has 2 N–H and O–H groups in total. The van der Waals surface area contributed by atoms with Gasteiger partial charge in [0.15, 0.2) is 0 Å². The van der Waals surface area contributed by atoms with Crippen LogP contribution in [0.2, 0.25) is 5.02 Å². The first-order chi connectivity index (χ1) is 10.1. The summed E-state index contributed by atoms with van der Waals surface area (Å²) in [4.78, 5) is 4.44. The fourth-order valence-corrected chi connectivity index (χ4v) is 2.63. The van der Waals surface area contributed by atoms with Gasteiger partial charge in [0.1, 0.15) is 5.82 Å². The van der Waals surface area contributed by atoms with E-state index >= 15 is 0 Å². The minimum absolute atomic E-state index is 0.0278. The van der Waals surface area contributed by atoms with E-state index in [2.05, 4.69) is 16.8 Å². The molecule has 0 saturated heterocycles. The molecule has 3 rings (SSSR count). The van der Waals surface area contributed by atoms with Crippen LogP contribution in [0.15, 0.2) is 36.5 Å². The third-order valence-electron chi connectivity index (χ3n) is 3.78. The van der Waals surface area contributed by atoms with Gasteiger partial charge in [-0.3, -0.25) is 4.98 Å². The van der Waals surface area contributed by atoms with Gasteiger partial charge in [0.2, 0.25) is 0 Å². The van der Waals surface area contributed by atoms with Crippen molar-refractivity contribution in [2.75, 3.05) is 6.54 Å². The number of hydrogen-bond donors (Lipinski definition) is 1. The fourth-order valence-electron chi connectivity index (χ4n) is 2.26. The van der Waals surface area contributed by atoms with Gasteiger partial charge in [0.05, 0.1) is 10.7 Å². The second kappa shape index (κ2) is 5.48. The third-order valence-corrected chi connectivity index (χ3v) is 4.07. The zero-order chi connectivity index (χ0) is 14.9. The lowest BCUT2D eigenvalue weighted by atomic mass is 10.0. The van der Waals surface area contributed by atoms with Crippen LogP contribution in [0.25, 0.3) is 0 Å². The minimum Gasteiger partial charge on any atom is -0.330 e. The van der Waals surface area contributed by atoms with E-state index in [4.69, 9.17) is 17.3 Å². The van der Waals surface area contributed by atoms with Crippen LogP contribution in [0.4, 0.5) is 4.39 Å². The molecule has 1 aromatic carbocycles. The Bertz CT molecular complexity index is 725. The van der Waals surface area contributed by atoms with Crippen molar-refractivity contribution in [3.05, 3.63) is 64.2 Å². The number of aromatic nitrogens is 1. The standard InChI is InChI=1S/C17H14ClFN2/c18-15-9-13(2-1-12-3-5-14(19)6-4-12)10-21-16(15)17(11-20)7-8-17/h3-6,9-10H,7-8,11,20H2. The molecule has 0 aliphatic heterocycles. The number of pyridine rings is 1. The Hall–Kier alpha value is -1.89. The Kier molecular flexibility index (Phi) is 3.67. The number of nitrogens with two attached hydrogens (primary N) is 1. The number of nitrogens with zero attached hydrogens (tertiary/aromatic N) is 1. The Labute approximate surface area is 128 Å². The fraction of sp³-hybridized carbons (Fsp3) is 0.235. The van der Waals surface area contributed by atoms with E-state index in [1.165, 1.54) is 12.1 Å². The predicted octanol–water partition coefficient (Wildman–Crippen LogP) is 3.26. The van der Waals surface area contributed by atoms with E-state index in [0.29, 0.717) is 11.6 Å². The van der Waals surface area contributed by atoms with Crippen LogP contribution in [0.1, 0.15) is 29.7 Å². The molecule has 2 aromatic rings. The monoisotopic (exact) mass is 300 g/mol. The summed E-state index contributed by atoms with van der Waals surface area (Å²) in [6.45, 7) is 0.570. The maximum atomic E-state index is 12.8. The van der Waals surface area contributed by atoms with Crippen molar-refractivity contribution in [2.45, 2.75) is 18.3 Å². The summed E-state index contributed by atoms with van der Waals surface area (Å²) in [5.41, 5.74) is 8.13. The number of rotatable bonds is 2. The van der Waals surface area contributed by atoms with Crippen molar-refractivity contribution in [3.8, 4) is 11.8 Å². The summed E-state index contributed by atoms with van der Waals surface area (Å²) in [6.07, 6.45) is 3.79. The molecule has 2 nitrogen and oxygen atoms in total. The molecule has 1 aliphatic rings. The maximum Gasteiger partial charge on any atom is 0.123 e. The smallest absolute Gasteiger partial charge is 0.123 e. The Morgan fingerprint density at radius 3 is 2.43 bits per heavy atom. The summed E-state index contributed by atoms with van der Waals surface area (Å²) in [5.74, 6) is 5.68. The van der Waals surface area contributed by atoms with E-state index in [9.17, 15) is 4.39 Å². The van der Waals surface area contributed by atoms with Crippen LogP contribution in [0.5, 0.6) is 0 Å². The lowest BCUT2D eigenvalue weighted by Gasteiger charge is -2.13. The highest BCUT2D eigenvalue weighted by Gasteiger charge is 2.45. The van der Waals surface area contributed by atoms with E-state index in [-0.39, 0.29) is 11.2 Å². The molecule has 4 heteroatoms. The average molecular weight is 301 g/mol. The van der Waals surface area contributed by atoms with Crippen molar-refractivity contribution >= 4 is 11.6 Å². The summed E-state index contributed by atoms with van der Waals surface area (Å²) < 4.78 is 12.8. The van der Waals surface area contributed by atoms with E-state index in [0.717, 1.165) is 29.7 Å². The van der Waals surface area contributed by atoms with Crippen molar-refractivity contribution < 1.29 is 4.39 Å². The Morgan fingerprint density at radius 1 is 1.19 bits per heavy atom. The Morgan fingerprint density at radius 2 is 1.86 bits per heavy atom. The van der Waals surface area contributed by atoms with Crippen LogP contribution in [0, 0.1) is 17.7 Å². The minimum atomic E-state index is -0.272. The van der Waals surface area contributed by atoms with Crippen LogP contribution in [0.3, 0.4) is 0 Å². The molecule has 21 heavy (non-hydrogen) atoms. The second-order valence-electron chi connectivity index (χ2n) is 5.30. The largest absolute Gasteiger partial charge is 0.330 e. The normalized spacial score (nSPS) is 15.2. The zero-order valence-electron chi connectivity index (χ0n) is 11.4. The average Bonchev–Trinajstić information content (AvgIpc) is 3.28. The third kappa shape index (κ3) is 2.92. The first-order valence-corrected chi connectivity index (χ1v) is 7.14. The van der Waals surface area contributed by atoms with Gasteiger partial charge in [-0.15, -0.1) is 0 Å². The second-order valence-corrected chi connectivity index (χ2v) is 5.70. The van der Waals surface area contributed by atoms with Gasteiger partial charge < -0.3 is 5.73 Å². The van der Waals surface area contributed by atoms with Gasteiger partial charge in [-0.1, -0.05) is 23.4 Å². The van der Waals surface area contributed by atoms with Gasteiger partial charge in [-0.25, -0.2) is 4.39 Å². The molecule has 1 aromatic heterocycles. The molecule has 0 bridgehead atoms. The van der Waals surface area contributed by atoms with Gasteiger partial charge in [-0.2, -0.15) is 0 Å². The quantitative estimate of drug-likeness (QED) is 0.865. The van der Waals surface area contributed by atoms with E-state index in [1.54, 1.807) is 18.3 Å². The predicted molar refractivity (Wildman–Crippen MR) is 81.6 cm³/mol. The highest BCUT2D eigenvalue weighted by atomic mass is 35.5. The van der Waals surface area contributed by atoms with Crippen LogP contribution >= 0.6 is 11.6 Å². The summed E-state index contributed by atoms with van der Waals surface area (Å²) in [6, 6.07) is 7.86. The van der Waals surface area contributed by atoms with Crippen LogP contribution in [-0.4, -0.2) is 11.5 Å². The van der Waals surface area contributed by atoms with E-state index in [1.807, 2.05) is 6.07 Å². The van der Waals surface area contributed by atoms with Crippen LogP contribution in [-0.2, 0) is 5.41 Å². The molecule has 0 amide bonds. The highest BCUT2D eigenvalue weighted by molar-refractivity contribution is 6.31. The lowest BCUT2D eigenvalue weighted by molar-refractivity contribution is 0.627. The maximum absolute atomic E-state index is 12.8. The molecule has 1 aliphatic carbocycles. The molecule has 0 spiro atoms. The van der Waals surface area contributed by atoms with Gasteiger partial charge in [0.25, 0.3) is 0 Å². The number of benzene rings is 1. The van der Waals surface area contributed by atoms with Crippen molar-refractivity contribution in [1.82, 2.24) is 4.98 Å². The van der Waals surface area contributed by atoms with Gasteiger partial charge >= 0.3 is 0 Å². The first kappa shape index (κ1) is 14.1. The molecule has 0 atom stereocenters. The van der Waals surface area contributed by atoms with Gasteiger partial charge in [0, 0.05) is 29.3 Å². The summed E-state index contributed by atoms with van der Waals surface area (Å²) in [5, 5.41) is 0.615. The molecular weight excluding hydrogens is 287 g/mol. The molecular formula is C17H14ClFN2. The molecule has 106 valence electrons. The summed E-state index contributed by atoms with van der Waals surface area (Å²) in [7, 11) is 0. The SMILES string of the molecule is NCC1(c2ncc(C#Cc3ccc(F)cc3)cc2Cl)CC1. The van der Waals surface area contributed by atoms with Crippen molar-refractivity contribution in [1.29, 1.82) is 0 Å². The van der Waals surface area contributed by atoms with Gasteiger partial charge in [-0.05, 0) is 43.2 Å².